The first kappa shape index (κ1) is 18.6. The molecule has 0 aliphatic heterocycles. The second-order valence-electron chi connectivity index (χ2n) is 6.20. The van der Waals surface area contributed by atoms with Crippen molar-refractivity contribution >= 4 is 5.96 Å². The third kappa shape index (κ3) is 5.95. The molecule has 0 spiro atoms. The highest BCUT2D eigenvalue weighted by Gasteiger charge is 2.00. The van der Waals surface area contributed by atoms with Gasteiger partial charge in [0.15, 0.2) is 5.96 Å². The van der Waals surface area contributed by atoms with Crippen molar-refractivity contribution in [1.29, 1.82) is 0 Å². The molecular formula is C19H26N8. The number of nitrogens with one attached hydrogen (secondary N) is 2. The van der Waals surface area contributed by atoms with Gasteiger partial charge in [-0.3, -0.25) is 4.99 Å². The van der Waals surface area contributed by atoms with E-state index in [1.807, 2.05) is 21.5 Å². The van der Waals surface area contributed by atoms with Gasteiger partial charge in [-0.15, -0.1) is 10.2 Å². The first-order valence-corrected chi connectivity index (χ1v) is 9.21. The molecule has 3 rings (SSSR count). The molecule has 142 valence electrons. The largest absolute Gasteiger partial charge is 0.356 e. The lowest BCUT2D eigenvalue weighted by atomic mass is 10.1. The average Bonchev–Trinajstić information content (AvgIpc) is 3.41. The molecule has 2 heterocycles. The van der Waals surface area contributed by atoms with Crippen LogP contribution >= 0.6 is 0 Å². The Hall–Kier alpha value is -3.16. The van der Waals surface area contributed by atoms with Gasteiger partial charge in [0.05, 0.1) is 5.69 Å². The van der Waals surface area contributed by atoms with Crippen molar-refractivity contribution in [3.8, 4) is 5.69 Å². The van der Waals surface area contributed by atoms with E-state index in [0.717, 1.165) is 50.5 Å². The molecular weight excluding hydrogens is 340 g/mol. The van der Waals surface area contributed by atoms with E-state index in [2.05, 4.69) is 55.2 Å². The lowest BCUT2D eigenvalue weighted by Gasteiger charge is -2.12. The van der Waals surface area contributed by atoms with Gasteiger partial charge in [0.2, 0.25) is 0 Å². The lowest BCUT2D eigenvalue weighted by molar-refractivity contribution is 0.597. The van der Waals surface area contributed by atoms with E-state index in [1.165, 1.54) is 5.56 Å². The van der Waals surface area contributed by atoms with Crippen LogP contribution in [0.1, 0.15) is 18.4 Å². The van der Waals surface area contributed by atoms with Crippen LogP contribution < -0.4 is 10.6 Å². The minimum atomic E-state index is 0.835. The summed E-state index contributed by atoms with van der Waals surface area (Å²) in [5, 5.41) is 18.6. The number of aromatic nitrogens is 5. The Morgan fingerprint density at radius 3 is 2.52 bits per heavy atom. The number of aliphatic imine (C=N–C) groups is 1. The van der Waals surface area contributed by atoms with Gasteiger partial charge in [0.1, 0.15) is 12.7 Å². The Labute approximate surface area is 159 Å². The molecule has 0 amide bonds. The molecule has 0 fully saturated rings. The smallest absolute Gasteiger partial charge is 0.190 e. The van der Waals surface area contributed by atoms with Crippen molar-refractivity contribution in [3.63, 3.8) is 0 Å². The predicted molar refractivity (Wildman–Crippen MR) is 106 cm³/mol. The highest BCUT2D eigenvalue weighted by atomic mass is 15.3. The summed E-state index contributed by atoms with van der Waals surface area (Å²) in [7, 11) is 1.80. The van der Waals surface area contributed by atoms with Gasteiger partial charge >= 0.3 is 0 Å². The van der Waals surface area contributed by atoms with E-state index in [-0.39, 0.29) is 0 Å². The van der Waals surface area contributed by atoms with Gasteiger partial charge in [-0.25, -0.2) is 4.68 Å². The van der Waals surface area contributed by atoms with Gasteiger partial charge in [-0.1, -0.05) is 12.1 Å². The molecule has 0 saturated carbocycles. The zero-order chi connectivity index (χ0) is 18.7. The quantitative estimate of drug-likeness (QED) is 0.342. The molecule has 2 N–H and O–H groups in total. The van der Waals surface area contributed by atoms with Gasteiger partial charge in [0.25, 0.3) is 0 Å². The van der Waals surface area contributed by atoms with Crippen molar-refractivity contribution < 1.29 is 0 Å². The van der Waals surface area contributed by atoms with Gasteiger partial charge in [0, 0.05) is 39.1 Å². The van der Waals surface area contributed by atoms with Gasteiger partial charge in [-0.2, -0.15) is 5.10 Å². The monoisotopic (exact) mass is 366 g/mol. The van der Waals surface area contributed by atoms with E-state index in [1.54, 1.807) is 25.9 Å². The molecule has 27 heavy (non-hydrogen) atoms. The molecule has 0 atom stereocenters. The molecule has 0 aliphatic rings. The highest BCUT2D eigenvalue weighted by Crippen LogP contribution is 2.08. The summed E-state index contributed by atoms with van der Waals surface area (Å²) in [6, 6.07) is 10.4. The SMILES string of the molecule is CN=C(NCCCCn1cnnc1)NCCc1ccc(-n2cccn2)cc1. The molecule has 1 aromatic carbocycles. The molecule has 0 saturated heterocycles. The van der Waals surface area contributed by atoms with Crippen LogP contribution in [0.3, 0.4) is 0 Å². The Morgan fingerprint density at radius 2 is 1.81 bits per heavy atom. The van der Waals surface area contributed by atoms with E-state index in [0.29, 0.717) is 0 Å². The van der Waals surface area contributed by atoms with Crippen molar-refractivity contribution in [1.82, 2.24) is 35.2 Å². The first-order valence-electron chi connectivity index (χ1n) is 9.21. The minimum absolute atomic E-state index is 0.835. The van der Waals surface area contributed by atoms with E-state index in [9.17, 15) is 0 Å². The van der Waals surface area contributed by atoms with Crippen molar-refractivity contribution in [2.75, 3.05) is 20.1 Å². The van der Waals surface area contributed by atoms with Crippen LogP contribution in [-0.2, 0) is 13.0 Å². The van der Waals surface area contributed by atoms with Gasteiger partial charge in [-0.05, 0) is 43.0 Å². The lowest BCUT2D eigenvalue weighted by Crippen LogP contribution is -2.38. The Kier molecular flexibility index (Phi) is 6.97. The maximum Gasteiger partial charge on any atom is 0.190 e. The first-order chi connectivity index (χ1) is 13.3. The summed E-state index contributed by atoms with van der Waals surface area (Å²) in [5.41, 5.74) is 2.35. The van der Waals surface area contributed by atoms with Crippen LogP contribution in [0.5, 0.6) is 0 Å². The molecule has 3 aromatic rings. The average molecular weight is 366 g/mol. The molecule has 2 aromatic heterocycles. The summed E-state index contributed by atoms with van der Waals surface area (Å²) in [5.74, 6) is 0.840. The number of guanidine groups is 1. The third-order valence-corrected chi connectivity index (χ3v) is 4.24. The van der Waals surface area contributed by atoms with E-state index < -0.39 is 0 Å². The molecule has 8 heteroatoms. The summed E-state index contributed by atoms with van der Waals surface area (Å²) >= 11 is 0. The third-order valence-electron chi connectivity index (χ3n) is 4.24. The molecule has 0 bridgehead atoms. The van der Waals surface area contributed by atoms with E-state index in [4.69, 9.17) is 0 Å². The zero-order valence-corrected chi connectivity index (χ0v) is 15.6. The second-order valence-corrected chi connectivity index (χ2v) is 6.20. The van der Waals surface area contributed by atoms with Crippen LogP contribution in [0, 0.1) is 0 Å². The summed E-state index contributed by atoms with van der Waals surface area (Å²) in [6.07, 6.45) is 10.3. The Morgan fingerprint density at radius 1 is 1.04 bits per heavy atom. The van der Waals surface area contributed by atoms with Crippen LogP contribution in [0.25, 0.3) is 5.69 Å². The second kappa shape index (κ2) is 10.1. The zero-order valence-electron chi connectivity index (χ0n) is 15.6. The Balaban J connectivity index is 1.32. The number of unbranched alkanes of at least 4 members (excludes halogenated alkanes) is 1. The molecule has 8 nitrogen and oxygen atoms in total. The van der Waals surface area contributed by atoms with Gasteiger partial charge < -0.3 is 15.2 Å². The van der Waals surface area contributed by atoms with Crippen molar-refractivity contribution in [3.05, 3.63) is 60.9 Å². The number of benzene rings is 1. The number of rotatable bonds is 9. The van der Waals surface area contributed by atoms with Crippen LogP contribution in [0.15, 0.2) is 60.4 Å². The number of hydrogen-bond donors (Lipinski definition) is 2. The van der Waals surface area contributed by atoms with Crippen molar-refractivity contribution in [2.24, 2.45) is 4.99 Å². The summed E-state index contributed by atoms with van der Waals surface area (Å²) < 4.78 is 3.85. The topological polar surface area (TPSA) is 85.0 Å². The number of hydrogen-bond acceptors (Lipinski definition) is 4. The van der Waals surface area contributed by atoms with Crippen molar-refractivity contribution in [2.45, 2.75) is 25.8 Å². The van der Waals surface area contributed by atoms with Crippen LogP contribution in [-0.4, -0.2) is 50.6 Å². The fourth-order valence-electron chi connectivity index (χ4n) is 2.75. The normalized spacial score (nSPS) is 11.5. The van der Waals surface area contributed by atoms with Crippen LogP contribution in [0.4, 0.5) is 0 Å². The molecule has 0 unspecified atom stereocenters. The summed E-state index contributed by atoms with van der Waals surface area (Å²) in [6.45, 7) is 2.66. The Bertz CT molecular complexity index is 791. The highest BCUT2D eigenvalue weighted by molar-refractivity contribution is 5.79. The minimum Gasteiger partial charge on any atom is -0.356 e. The molecule has 0 radical (unpaired) electrons. The fraction of sp³-hybridized carbons (Fsp3) is 0.368. The summed E-state index contributed by atoms with van der Waals surface area (Å²) in [4.78, 5) is 4.27. The number of aryl methyl sites for hydroxylation is 1. The standard InChI is InChI=1S/C19H26N8/c1-20-19(21-10-2-3-13-26-15-23-24-16-26)22-12-9-17-5-7-18(8-6-17)27-14-4-11-25-27/h4-8,11,14-16H,2-3,9-10,12-13H2,1H3,(H2,20,21,22). The van der Waals surface area contributed by atoms with Crippen LogP contribution in [0.2, 0.25) is 0 Å². The number of nitrogens with zero attached hydrogens (tertiary/aromatic N) is 6. The maximum atomic E-state index is 4.27. The fourth-order valence-corrected chi connectivity index (χ4v) is 2.75. The molecule has 0 aliphatic carbocycles. The predicted octanol–water partition coefficient (Wildman–Crippen LogP) is 1.65. The maximum absolute atomic E-state index is 4.27. The van der Waals surface area contributed by atoms with E-state index >= 15 is 0 Å².